The van der Waals surface area contributed by atoms with E-state index in [4.69, 9.17) is 10.7 Å². The summed E-state index contributed by atoms with van der Waals surface area (Å²) in [6.45, 7) is 5.20. The van der Waals surface area contributed by atoms with Crippen molar-refractivity contribution in [1.29, 1.82) is 0 Å². The molecule has 0 atom stereocenters. The van der Waals surface area contributed by atoms with Crippen LogP contribution in [0.2, 0.25) is 0 Å². The highest BCUT2D eigenvalue weighted by Crippen LogP contribution is 2.28. The number of carbonyl (C=O) groups excluding carboxylic acids is 2. The van der Waals surface area contributed by atoms with Crippen molar-refractivity contribution in [3.05, 3.63) is 119 Å². The molecule has 0 saturated heterocycles. The van der Waals surface area contributed by atoms with Crippen molar-refractivity contribution < 1.29 is 9.59 Å². The molecule has 0 saturated carbocycles. The molecular formula is C31H27N7O3. The zero-order valence-corrected chi connectivity index (χ0v) is 22.5. The van der Waals surface area contributed by atoms with Crippen LogP contribution < -0.4 is 21.9 Å². The van der Waals surface area contributed by atoms with Crippen LogP contribution in [0.25, 0.3) is 28.2 Å². The molecule has 2 aromatic heterocycles. The van der Waals surface area contributed by atoms with Crippen LogP contribution in [0.4, 0.5) is 17.2 Å². The van der Waals surface area contributed by atoms with Gasteiger partial charge in [-0.05, 0) is 49.4 Å². The number of amides is 2. The van der Waals surface area contributed by atoms with Gasteiger partial charge in [0.25, 0.3) is 11.5 Å². The molecule has 204 valence electrons. The molecule has 0 aliphatic heterocycles. The Balaban J connectivity index is 1.39. The van der Waals surface area contributed by atoms with Crippen LogP contribution in [-0.4, -0.2) is 31.1 Å². The van der Waals surface area contributed by atoms with E-state index >= 15 is 0 Å². The minimum absolute atomic E-state index is 0.0646. The summed E-state index contributed by atoms with van der Waals surface area (Å²) in [5.74, 6) is -0.582. The number of nitrogens with one attached hydrogen (secondary N) is 2. The minimum atomic E-state index is -0.504. The average molecular weight is 546 g/mol. The Morgan fingerprint density at radius 2 is 1.66 bits per heavy atom. The highest BCUT2D eigenvalue weighted by atomic mass is 16.2. The first-order valence-corrected chi connectivity index (χ1v) is 12.7. The zero-order chi connectivity index (χ0) is 29.1. The van der Waals surface area contributed by atoms with Crippen LogP contribution >= 0.6 is 0 Å². The third-order valence-electron chi connectivity index (χ3n) is 6.61. The van der Waals surface area contributed by atoms with Gasteiger partial charge >= 0.3 is 0 Å². The number of rotatable bonds is 7. The van der Waals surface area contributed by atoms with Crippen LogP contribution in [0, 0.1) is 6.92 Å². The monoisotopic (exact) mass is 545 g/mol. The van der Waals surface area contributed by atoms with E-state index in [9.17, 15) is 14.4 Å². The number of nitrogens with two attached hydrogens (primary N) is 1. The van der Waals surface area contributed by atoms with Crippen molar-refractivity contribution in [2.45, 2.75) is 6.92 Å². The van der Waals surface area contributed by atoms with E-state index in [0.29, 0.717) is 39.7 Å². The number of nitrogens with zero attached hydrogens (tertiary/aromatic N) is 4. The molecule has 2 amide bonds. The third kappa shape index (κ3) is 5.39. The number of nitrogen functional groups attached to an aromatic ring is 1. The summed E-state index contributed by atoms with van der Waals surface area (Å²) < 4.78 is 3.12. The number of hydrogen-bond donors (Lipinski definition) is 3. The molecule has 0 unspecified atom stereocenters. The maximum atomic E-state index is 13.2. The Labute approximate surface area is 235 Å². The largest absolute Gasteiger partial charge is 0.382 e. The minimum Gasteiger partial charge on any atom is -0.382 e. The van der Waals surface area contributed by atoms with Gasteiger partial charge in [-0.25, -0.2) is 14.6 Å². The Morgan fingerprint density at radius 1 is 0.927 bits per heavy atom. The van der Waals surface area contributed by atoms with Crippen LogP contribution in [-0.2, 0) is 11.8 Å². The first-order valence-electron chi connectivity index (χ1n) is 12.7. The molecule has 3 aromatic carbocycles. The van der Waals surface area contributed by atoms with Gasteiger partial charge in [-0.1, -0.05) is 49.0 Å². The predicted octanol–water partition coefficient (Wildman–Crippen LogP) is 4.57. The lowest BCUT2D eigenvalue weighted by atomic mass is 10.1. The average Bonchev–Trinajstić information content (AvgIpc) is 3.21. The smallest absolute Gasteiger partial charge is 0.284 e. The molecule has 0 bridgehead atoms. The molecule has 5 aromatic rings. The molecule has 2 heterocycles. The molecular weight excluding hydrogens is 518 g/mol. The zero-order valence-electron chi connectivity index (χ0n) is 22.5. The van der Waals surface area contributed by atoms with E-state index in [-0.39, 0.29) is 17.3 Å². The van der Waals surface area contributed by atoms with Crippen molar-refractivity contribution in [2.24, 2.45) is 7.05 Å². The Hall–Kier alpha value is -5.77. The molecule has 10 nitrogen and oxygen atoms in total. The first-order chi connectivity index (χ1) is 19.8. The van der Waals surface area contributed by atoms with Crippen LogP contribution in [0.15, 0.2) is 103 Å². The Morgan fingerprint density at radius 3 is 2.37 bits per heavy atom. The molecule has 0 fully saturated rings. The maximum absolute atomic E-state index is 13.2. The highest BCUT2D eigenvalue weighted by molar-refractivity contribution is 6.05. The van der Waals surface area contributed by atoms with Crippen molar-refractivity contribution in [3.63, 3.8) is 0 Å². The predicted molar refractivity (Wildman–Crippen MR) is 160 cm³/mol. The lowest BCUT2D eigenvalue weighted by molar-refractivity contribution is -0.111. The highest BCUT2D eigenvalue weighted by Gasteiger charge is 2.22. The molecule has 10 heteroatoms. The standard InChI is InChI=1S/C31H27N7O3/c1-4-26(39)34-23-10-8-9-21(17-23)25-18-33-29(32)28(36-25)20-13-15-22(16-14-20)35-30(40)27-19(2)37(3)38(31(27)41)24-11-6-5-7-12-24/h4-18H,1H2,2-3H3,(H2,32,33)(H,34,39)(H,35,40). The summed E-state index contributed by atoms with van der Waals surface area (Å²) in [5.41, 5.74) is 10.6. The number of aromatic nitrogens is 4. The van der Waals surface area contributed by atoms with Gasteiger partial charge in [0.15, 0.2) is 0 Å². The quantitative estimate of drug-likeness (QED) is 0.256. The van der Waals surface area contributed by atoms with E-state index in [0.717, 1.165) is 5.56 Å². The summed E-state index contributed by atoms with van der Waals surface area (Å²) in [7, 11) is 1.74. The molecule has 5 rings (SSSR count). The van der Waals surface area contributed by atoms with E-state index < -0.39 is 11.5 Å². The topological polar surface area (TPSA) is 137 Å². The molecule has 0 aliphatic rings. The lowest BCUT2D eigenvalue weighted by Gasteiger charge is -2.10. The van der Waals surface area contributed by atoms with Gasteiger partial charge < -0.3 is 16.4 Å². The number of para-hydroxylation sites is 1. The Kier molecular flexibility index (Phi) is 7.29. The van der Waals surface area contributed by atoms with Gasteiger partial charge in [-0.15, -0.1) is 0 Å². The van der Waals surface area contributed by atoms with Crippen LogP contribution in [0.1, 0.15) is 16.1 Å². The SMILES string of the molecule is C=CC(=O)Nc1cccc(-c2cnc(N)c(-c3ccc(NC(=O)c4c(C)n(C)n(-c5ccccc5)c4=O)cc3)n2)c1. The second-order valence-corrected chi connectivity index (χ2v) is 9.23. The third-order valence-corrected chi connectivity index (χ3v) is 6.61. The molecule has 0 aliphatic carbocycles. The summed E-state index contributed by atoms with van der Waals surface area (Å²) in [4.78, 5) is 47.0. The fourth-order valence-corrected chi connectivity index (χ4v) is 4.43. The van der Waals surface area contributed by atoms with Crippen LogP contribution in [0.3, 0.4) is 0 Å². The van der Waals surface area contributed by atoms with Gasteiger partial charge in [-0.3, -0.25) is 19.1 Å². The van der Waals surface area contributed by atoms with Gasteiger partial charge in [0.1, 0.15) is 17.1 Å². The van der Waals surface area contributed by atoms with Crippen molar-refractivity contribution in [3.8, 4) is 28.2 Å². The van der Waals surface area contributed by atoms with Crippen molar-refractivity contribution >= 4 is 29.0 Å². The van der Waals surface area contributed by atoms with E-state index in [1.807, 2.05) is 36.4 Å². The van der Waals surface area contributed by atoms with Crippen molar-refractivity contribution in [2.75, 3.05) is 16.4 Å². The number of anilines is 3. The Bertz CT molecular complexity index is 1840. The molecule has 4 N–H and O–H groups in total. The summed E-state index contributed by atoms with van der Waals surface area (Å²) >= 11 is 0. The number of benzene rings is 3. The normalized spacial score (nSPS) is 10.7. The van der Waals surface area contributed by atoms with Gasteiger partial charge in [0.2, 0.25) is 5.91 Å². The van der Waals surface area contributed by atoms with Gasteiger partial charge in [0.05, 0.1) is 23.3 Å². The first kappa shape index (κ1) is 26.8. The summed E-state index contributed by atoms with van der Waals surface area (Å²) in [6, 6.07) is 23.3. The van der Waals surface area contributed by atoms with Gasteiger partial charge in [0, 0.05) is 29.5 Å². The fourth-order valence-electron chi connectivity index (χ4n) is 4.43. The number of hydrogen-bond acceptors (Lipinski definition) is 6. The van der Waals surface area contributed by atoms with E-state index in [1.54, 1.807) is 67.3 Å². The summed E-state index contributed by atoms with van der Waals surface area (Å²) in [5, 5.41) is 5.54. The van der Waals surface area contributed by atoms with Crippen molar-refractivity contribution in [1.82, 2.24) is 19.3 Å². The maximum Gasteiger partial charge on any atom is 0.284 e. The fraction of sp³-hybridized carbons (Fsp3) is 0.0645. The lowest BCUT2D eigenvalue weighted by Crippen LogP contribution is -2.25. The van der Waals surface area contributed by atoms with E-state index in [2.05, 4.69) is 22.2 Å². The van der Waals surface area contributed by atoms with Crippen LogP contribution in [0.5, 0.6) is 0 Å². The molecule has 0 spiro atoms. The van der Waals surface area contributed by atoms with E-state index in [1.165, 1.54) is 10.8 Å². The second kappa shape index (κ2) is 11.1. The number of carbonyl (C=O) groups is 2. The summed E-state index contributed by atoms with van der Waals surface area (Å²) in [6.07, 6.45) is 2.76. The van der Waals surface area contributed by atoms with Gasteiger partial charge in [-0.2, -0.15) is 0 Å². The molecule has 0 radical (unpaired) electrons. The second-order valence-electron chi connectivity index (χ2n) is 9.23. The molecule has 41 heavy (non-hydrogen) atoms.